The maximum absolute atomic E-state index is 2.57. The molecule has 10 heavy (non-hydrogen) atoms. The Bertz CT molecular complexity index is 85.3. The van der Waals surface area contributed by atoms with Gasteiger partial charge < -0.3 is 4.90 Å². The fourth-order valence-corrected chi connectivity index (χ4v) is 2.81. The Hall–Kier alpha value is 0.310. The zero-order valence-corrected chi connectivity index (χ0v) is 7.78. The lowest BCUT2D eigenvalue weighted by atomic mass is 10.2. The van der Waals surface area contributed by atoms with Gasteiger partial charge in [-0.3, -0.25) is 0 Å². The third-order valence-electron chi connectivity index (χ3n) is 2.23. The molecule has 1 unspecified atom stereocenters. The molecule has 0 aliphatic carbocycles. The number of thioether (sulfide) groups is 1. The van der Waals surface area contributed by atoms with Crippen LogP contribution in [0.15, 0.2) is 0 Å². The van der Waals surface area contributed by atoms with E-state index in [4.69, 9.17) is 0 Å². The summed E-state index contributed by atoms with van der Waals surface area (Å²) in [7, 11) is 0. The Labute approximate surface area is 68.2 Å². The summed E-state index contributed by atoms with van der Waals surface area (Å²) < 4.78 is 0. The fraction of sp³-hybridized carbons (Fsp3) is 1.00. The number of rotatable bonds is 3. The molecular weight excluding hydrogens is 142 g/mol. The van der Waals surface area contributed by atoms with E-state index in [2.05, 4.69) is 30.5 Å². The smallest absolute Gasteiger partial charge is 0.0194 e. The van der Waals surface area contributed by atoms with Crippen LogP contribution in [0.4, 0.5) is 0 Å². The monoisotopic (exact) mass is 159 g/mol. The SMILES string of the molecule is CCN(CC)C1CCSC1. The maximum atomic E-state index is 2.57. The van der Waals surface area contributed by atoms with Gasteiger partial charge in [0.15, 0.2) is 0 Å². The van der Waals surface area contributed by atoms with Crippen molar-refractivity contribution in [1.82, 2.24) is 4.90 Å². The molecule has 0 saturated carbocycles. The summed E-state index contributed by atoms with van der Waals surface area (Å²) in [6.07, 6.45) is 1.41. The van der Waals surface area contributed by atoms with Crippen LogP contribution in [0.3, 0.4) is 0 Å². The van der Waals surface area contributed by atoms with Crippen molar-refractivity contribution in [2.75, 3.05) is 24.6 Å². The molecule has 1 atom stereocenters. The summed E-state index contributed by atoms with van der Waals surface area (Å²) in [6.45, 7) is 6.96. The van der Waals surface area contributed by atoms with Gasteiger partial charge in [-0.2, -0.15) is 11.8 Å². The summed E-state index contributed by atoms with van der Waals surface area (Å²) in [6, 6.07) is 0.889. The minimum atomic E-state index is 0.889. The van der Waals surface area contributed by atoms with Gasteiger partial charge in [0.2, 0.25) is 0 Å². The van der Waals surface area contributed by atoms with Crippen LogP contribution in [0.5, 0.6) is 0 Å². The molecule has 0 amide bonds. The van der Waals surface area contributed by atoms with Gasteiger partial charge in [0.1, 0.15) is 0 Å². The quantitative estimate of drug-likeness (QED) is 0.618. The van der Waals surface area contributed by atoms with E-state index in [1.807, 2.05) is 0 Å². The topological polar surface area (TPSA) is 3.24 Å². The summed E-state index contributed by atoms with van der Waals surface area (Å²) in [5.41, 5.74) is 0. The predicted molar refractivity (Wildman–Crippen MR) is 48.7 cm³/mol. The molecule has 1 rings (SSSR count). The number of nitrogens with zero attached hydrogens (tertiary/aromatic N) is 1. The summed E-state index contributed by atoms with van der Waals surface area (Å²) >= 11 is 2.10. The Morgan fingerprint density at radius 1 is 1.40 bits per heavy atom. The first kappa shape index (κ1) is 8.41. The second-order valence-electron chi connectivity index (χ2n) is 2.74. The molecule has 0 N–H and O–H groups in total. The van der Waals surface area contributed by atoms with Crippen LogP contribution in [-0.2, 0) is 0 Å². The molecule has 1 saturated heterocycles. The first-order valence-corrected chi connectivity index (χ1v) is 5.35. The first-order chi connectivity index (χ1) is 4.88. The summed E-state index contributed by atoms with van der Waals surface area (Å²) in [5.74, 6) is 2.74. The van der Waals surface area contributed by atoms with Gasteiger partial charge in [-0.25, -0.2) is 0 Å². The lowest BCUT2D eigenvalue weighted by molar-refractivity contribution is 0.236. The molecule has 0 aromatic carbocycles. The predicted octanol–water partition coefficient (Wildman–Crippen LogP) is 1.83. The molecule has 1 heterocycles. The van der Waals surface area contributed by atoms with E-state index < -0.39 is 0 Å². The first-order valence-electron chi connectivity index (χ1n) is 4.20. The third kappa shape index (κ3) is 1.89. The van der Waals surface area contributed by atoms with Gasteiger partial charge in [-0.1, -0.05) is 13.8 Å². The molecule has 60 valence electrons. The lowest BCUT2D eigenvalue weighted by Gasteiger charge is -2.24. The largest absolute Gasteiger partial charge is 0.300 e. The fourth-order valence-electron chi connectivity index (χ4n) is 1.55. The second-order valence-corrected chi connectivity index (χ2v) is 3.89. The average molecular weight is 159 g/mol. The molecule has 0 spiro atoms. The van der Waals surface area contributed by atoms with Gasteiger partial charge in [-0.05, 0) is 25.3 Å². The average Bonchev–Trinajstić information content (AvgIpc) is 2.43. The van der Waals surface area contributed by atoms with Gasteiger partial charge >= 0.3 is 0 Å². The Morgan fingerprint density at radius 2 is 2.10 bits per heavy atom. The van der Waals surface area contributed by atoms with Gasteiger partial charge in [0, 0.05) is 11.8 Å². The highest BCUT2D eigenvalue weighted by Crippen LogP contribution is 2.21. The number of hydrogen-bond acceptors (Lipinski definition) is 2. The van der Waals surface area contributed by atoms with Crippen LogP contribution in [0.1, 0.15) is 20.3 Å². The highest BCUT2D eigenvalue weighted by atomic mass is 32.2. The minimum absolute atomic E-state index is 0.889. The van der Waals surface area contributed by atoms with Gasteiger partial charge in [-0.15, -0.1) is 0 Å². The van der Waals surface area contributed by atoms with Crippen molar-refractivity contribution < 1.29 is 0 Å². The summed E-state index contributed by atoms with van der Waals surface area (Å²) in [5, 5.41) is 0. The Morgan fingerprint density at radius 3 is 2.50 bits per heavy atom. The van der Waals surface area contributed by atoms with Crippen LogP contribution >= 0.6 is 11.8 Å². The zero-order valence-electron chi connectivity index (χ0n) is 6.97. The van der Waals surface area contributed by atoms with Crippen LogP contribution < -0.4 is 0 Å². The van der Waals surface area contributed by atoms with E-state index in [1.165, 1.54) is 31.0 Å². The second kappa shape index (κ2) is 4.24. The zero-order chi connectivity index (χ0) is 7.40. The molecule has 0 bridgehead atoms. The van der Waals surface area contributed by atoms with Gasteiger partial charge in [0.25, 0.3) is 0 Å². The van der Waals surface area contributed by atoms with Crippen molar-refractivity contribution in [1.29, 1.82) is 0 Å². The van der Waals surface area contributed by atoms with Crippen LogP contribution in [0, 0.1) is 0 Å². The van der Waals surface area contributed by atoms with Gasteiger partial charge in [0.05, 0.1) is 0 Å². The van der Waals surface area contributed by atoms with Crippen LogP contribution in [0.2, 0.25) is 0 Å². The summed E-state index contributed by atoms with van der Waals surface area (Å²) in [4.78, 5) is 2.57. The van der Waals surface area contributed by atoms with Crippen molar-refractivity contribution in [3.05, 3.63) is 0 Å². The van der Waals surface area contributed by atoms with Crippen molar-refractivity contribution in [2.24, 2.45) is 0 Å². The Balaban J connectivity index is 2.29. The van der Waals surface area contributed by atoms with Crippen molar-refractivity contribution in [3.8, 4) is 0 Å². The molecule has 0 aromatic rings. The highest BCUT2D eigenvalue weighted by molar-refractivity contribution is 7.99. The van der Waals surface area contributed by atoms with E-state index >= 15 is 0 Å². The molecule has 2 heteroatoms. The molecule has 1 fully saturated rings. The third-order valence-corrected chi connectivity index (χ3v) is 3.38. The molecule has 0 aromatic heterocycles. The van der Waals surface area contributed by atoms with E-state index in [0.29, 0.717) is 0 Å². The highest BCUT2D eigenvalue weighted by Gasteiger charge is 2.19. The van der Waals surface area contributed by atoms with E-state index in [-0.39, 0.29) is 0 Å². The maximum Gasteiger partial charge on any atom is 0.0194 e. The molecule has 0 radical (unpaired) electrons. The molecule has 1 nitrogen and oxygen atoms in total. The Kier molecular flexibility index (Phi) is 3.57. The normalized spacial score (nSPS) is 26.1. The lowest BCUT2D eigenvalue weighted by Crippen LogP contribution is -2.34. The minimum Gasteiger partial charge on any atom is -0.300 e. The van der Waals surface area contributed by atoms with Crippen molar-refractivity contribution >= 4 is 11.8 Å². The van der Waals surface area contributed by atoms with E-state index in [0.717, 1.165) is 6.04 Å². The van der Waals surface area contributed by atoms with E-state index in [1.54, 1.807) is 0 Å². The molecule has 1 aliphatic heterocycles. The van der Waals surface area contributed by atoms with Crippen LogP contribution in [0.25, 0.3) is 0 Å². The van der Waals surface area contributed by atoms with E-state index in [9.17, 15) is 0 Å². The standard InChI is InChI=1S/C8H17NS/c1-3-9(4-2)8-5-6-10-7-8/h8H,3-7H2,1-2H3. The number of hydrogen-bond donors (Lipinski definition) is 0. The molecular formula is C8H17NS. The molecule has 1 aliphatic rings. The van der Waals surface area contributed by atoms with Crippen LogP contribution in [-0.4, -0.2) is 35.5 Å². The van der Waals surface area contributed by atoms with Crippen molar-refractivity contribution in [3.63, 3.8) is 0 Å². The van der Waals surface area contributed by atoms with Crippen molar-refractivity contribution in [2.45, 2.75) is 26.3 Å².